The van der Waals surface area contributed by atoms with Crippen molar-refractivity contribution in [3.8, 4) is 0 Å². The van der Waals surface area contributed by atoms with Crippen molar-refractivity contribution in [2.75, 3.05) is 58.4 Å². The van der Waals surface area contributed by atoms with Gasteiger partial charge < -0.3 is 15.4 Å². The Morgan fingerprint density at radius 2 is 2.21 bits per heavy atom. The zero-order valence-corrected chi connectivity index (χ0v) is 18.5. The summed E-state index contributed by atoms with van der Waals surface area (Å²) in [7, 11) is 1.83. The smallest absolute Gasteiger partial charge is 0.191 e. The molecule has 138 valence electrons. The lowest BCUT2D eigenvalue weighted by molar-refractivity contribution is 0.0177. The van der Waals surface area contributed by atoms with E-state index in [0.717, 1.165) is 51.8 Å². The second-order valence-corrected chi connectivity index (χ2v) is 7.37. The molecule has 0 saturated carbocycles. The molecule has 1 unspecified atom stereocenters. The zero-order chi connectivity index (χ0) is 16.3. The van der Waals surface area contributed by atoms with Gasteiger partial charge in [-0.15, -0.1) is 35.3 Å². The molecule has 1 aromatic rings. The highest BCUT2D eigenvalue weighted by Gasteiger charge is 2.23. The summed E-state index contributed by atoms with van der Waals surface area (Å²) in [6, 6.07) is 4.73. The number of thiophene rings is 1. The van der Waals surface area contributed by atoms with Gasteiger partial charge in [-0.2, -0.15) is 11.8 Å². The van der Waals surface area contributed by atoms with Gasteiger partial charge in [0.25, 0.3) is 0 Å². The molecule has 1 saturated heterocycles. The summed E-state index contributed by atoms with van der Waals surface area (Å²) in [5, 5.41) is 9.03. The largest absolute Gasteiger partial charge is 0.379 e. The Morgan fingerprint density at radius 3 is 2.83 bits per heavy atom. The van der Waals surface area contributed by atoms with E-state index in [-0.39, 0.29) is 24.0 Å². The van der Waals surface area contributed by atoms with Gasteiger partial charge in [0.1, 0.15) is 0 Å². The van der Waals surface area contributed by atoms with E-state index in [9.17, 15) is 0 Å². The van der Waals surface area contributed by atoms with E-state index in [1.54, 1.807) is 0 Å². The molecule has 1 atom stereocenters. The minimum absolute atomic E-state index is 0. The monoisotopic (exact) mass is 484 g/mol. The van der Waals surface area contributed by atoms with Crippen LogP contribution in [0.2, 0.25) is 0 Å². The Hall–Kier alpha value is -0.0300. The van der Waals surface area contributed by atoms with Gasteiger partial charge in [0, 0.05) is 38.1 Å². The molecule has 0 bridgehead atoms. The predicted octanol–water partition coefficient (Wildman–Crippen LogP) is 2.66. The molecule has 1 aliphatic rings. The number of ether oxygens (including phenoxy) is 1. The first-order valence-electron chi connectivity index (χ1n) is 8.13. The fourth-order valence-electron chi connectivity index (χ4n) is 2.62. The van der Waals surface area contributed by atoms with Crippen LogP contribution in [-0.2, 0) is 4.74 Å². The summed E-state index contributed by atoms with van der Waals surface area (Å²) >= 11 is 3.70. The van der Waals surface area contributed by atoms with Gasteiger partial charge in [-0.05, 0) is 29.9 Å². The fraction of sp³-hybridized carbons (Fsp3) is 0.688. The molecule has 0 aliphatic carbocycles. The van der Waals surface area contributed by atoms with Crippen LogP contribution in [0.3, 0.4) is 0 Å². The normalized spacial score (nSPS) is 17.2. The molecule has 2 rings (SSSR count). The Kier molecular flexibility index (Phi) is 12.1. The van der Waals surface area contributed by atoms with Crippen molar-refractivity contribution < 1.29 is 4.74 Å². The maximum atomic E-state index is 5.49. The molecule has 2 N–H and O–H groups in total. The Bertz CT molecular complexity index is 453. The van der Waals surface area contributed by atoms with Gasteiger partial charge in [0.05, 0.1) is 19.3 Å². The Labute approximate surface area is 171 Å². The van der Waals surface area contributed by atoms with Gasteiger partial charge in [0.2, 0.25) is 0 Å². The molecule has 2 heterocycles. The van der Waals surface area contributed by atoms with Gasteiger partial charge >= 0.3 is 0 Å². The summed E-state index contributed by atoms with van der Waals surface area (Å²) in [5.41, 5.74) is 0. The second-order valence-electron chi connectivity index (χ2n) is 5.41. The van der Waals surface area contributed by atoms with E-state index in [2.05, 4.69) is 44.3 Å². The number of morpholine rings is 1. The van der Waals surface area contributed by atoms with Crippen molar-refractivity contribution >= 4 is 53.0 Å². The molecule has 1 fully saturated rings. The maximum Gasteiger partial charge on any atom is 0.191 e. The average Bonchev–Trinajstić information content (AvgIpc) is 3.12. The lowest BCUT2D eigenvalue weighted by Crippen LogP contribution is -2.46. The van der Waals surface area contributed by atoms with Crippen molar-refractivity contribution in [1.82, 2.24) is 15.5 Å². The number of thioether (sulfide) groups is 1. The molecule has 5 nitrogen and oxygen atoms in total. The summed E-state index contributed by atoms with van der Waals surface area (Å²) in [4.78, 5) is 8.24. The van der Waals surface area contributed by atoms with Crippen molar-refractivity contribution in [3.05, 3.63) is 22.4 Å². The third-order valence-corrected chi connectivity index (χ3v) is 5.53. The van der Waals surface area contributed by atoms with E-state index in [1.165, 1.54) is 10.6 Å². The SMILES string of the molecule is CN=C(NCCCSC)NCC(c1cccs1)N1CCOCC1.I. The van der Waals surface area contributed by atoms with Crippen LogP contribution in [-0.4, -0.2) is 69.3 Å². The van der Waals surface area contributed by atoms with Crippen molar-refractivity contribution in [3.63, 3.8) is 0 Å². The van der Waals surface area contributed by atoms with E-state index < -0.39 is 0 Å². The molecule has 0 aromatic carbocycles. The minimum atomic E-state index is 0. The number of halogens is 1. The number of nitrogens with zero attached hydrogens (tertiary/aromatic N) is 2. The van der Waals surface area contributed by atoms with Crippen LogP contribution in [0.15, 0.2) is 22.5 Å². The van der Waals surface area contributed by atoms with Crippen molar-refractivity contribution in [1.29, 1.82) is 0 Å². The van der Waals surface area contributed by atoms with Gasteiger partial charge in [-0.3, -0.25) is 9.89 Å². The standard InChI is InChI=1S/C16H28N4OS2.HI/c1-17-16(18-6-4-11-22-2)19-13-14(15-5-3-12-23-15)20-7-9-21-10-8-20;/h3,5,12,14H,4,6-11,13H2,1-2H3,(H2,17,18,19);1H. The lowest BCUT2D eigenvalue weighted by Gasteiger charge is -2.34. The number of hydrogen-bond donors (Lipinski definition) is 2. The maximum absolute atomic E-state index is 5.49. The molecular weight excluding hydrogens is 455 g/mol. The molecule has 1 aliphatic heterocycles. The molecular formula is C16H29IN4OS2. The highest BCUT2D eigenvalue weighted by atomic mass is 127. The van der Waals surface area contributed by atoms with Crippen LogP contribution < -0.4 is 10.6 Å². The van der Waals surface area contributed by atoms with Crippen LogP contribution in [0.5, 0.6) is 0 Å². The van der Waals surface area contributed by atoms with Gasteiger partial charge in [-0.25, -0.2) is 0 Å². The van der Waals surface area contributed by atoms with Crippen molar-refractivity contribution in [2.24, 2.45) is 4.99 Å². The predicted molar refractivity (Wildman–Crippen MR) is 117 cm³/mol. The molecule has 1 aromatic heterocycles. The fourth-order valence-corrected chi connectivity index (χ4v) is 3.91. The highest BCUT2D eigenvalue weighted by molar-refractivity contribution is 14.0. The quantitative estimate of drug-likeness (QED) is 0.257. The molecule has 0 amide bonds. The van der Waals surface area contributed by atoms with Crippen molar-refractivity contribution in [2.45, 2.75) is 12.5 Å². The Balaban J connectivity index is 0.00000288. The van der Waals surface area contributed by atoms with E-state index in [0.29, 0.717) is 6.04 Å². The van der Waals surface area contributed by atoms with Crippen LogP contribution in [0.25, 0.3) is 0 Å². The van der Waals surface area contributed by atoms with Crippen LogP contribution in [0.1, 0.15) is 17.3 Å². The summed E-state index contributed by atoms with van der Waals surface area (Å²) in [5.74, 6) is 2.07. The lowest BCUT2D eigenvalue weighted by atomic mass is 10.2. The third kappa shape index (κ3) is 7.47. The summed E-state index contributed by atoms with van der Waals surface area (Å²) < 4.78 is 5.49. The molecule has 8 heteroatoms. The first kappa shape index (κ1) is 22.0. The summed E-state index contributed by atoms with van der Waals surface area (Å²) in [6.45, 7) is 5.45. The molecule has 0 radical (unpaired) electrons. The first-order chi connectivity index (χ1) is 11.3. The number of nitrogens with one attached hydrogen (secondary N) is 2. The summed E-state index contributed by atoms with van der Waals surface area (Å²) in [6.07, 6.45) is 3.29. The third-order valence-electron chi connectivity index (χ3n) is 3.86. The molecule has 24 heavy (non-hydrogen) atoms. The number of aliphatic imine (C=N–C) groups is 1. The van der Waals surface area contributed by atoms with Crippen LogP contribution >= 0.6 is 47.1 Å². The highest BCUT2D eigenvalue weighted by Crippen LogP contribution is 2.25. The van der Waals surface area contributed by atoms with Gasteiger partial charge in [0.15, 0.2) is 5.96 Å². The second kappa shape index (κ2) is 13.2. The zero-order valence-electron chi connectivity index (χ0n) is 14.5. The van der Waals surface area contributed by atoms with Gasteiger partial charge in [-0.1, -0.05) is 6.07 Å². The topological polar surface area (TPSA) is 48.9 Å². The number of rotatable bonds is 8. The van der Waals surface area contributed by atoms with Crippen LogP contribution in [0.4, 0.5) is 0 Å². The first-order valence-corrected chi connectivity index (χ1v) is 10.4. The number of hydrogen-bond acceptors (Lipinski definition) is 5. The van der Waals surface area contributed by atoms with E-state index in [4.69, 9.17) is 4.74 Å². The minimum Gasteiger partial charge on any atom is -0.379 e. The number of guanidine groups is 1. The Morgan fingerprint density at radius 1 is 1.42 bits per heavy atom. The average molecular weight is 484 g/mol. The molecule has 0 spiro atoms. The van der Waals surface area contributed by atoms with Crippen LogP contribution in [0, 0.1) is 0 Å². The van der Waals surface area contributed by atoms with E-state index >= 15 is 0 Å². The van der Waals surface area contributed by atoms with E-state index in [1.807, 2.05) is 30.1 Å².